The molecule has 1 heterocycles. The normalized spacial score (nSPS) is 20.9. The molecule has 0 bridgehead atoms. The summed E-state index contributed by atoms with van der Waals surface area (Å²) in [5.74, 6) is 0.977. The van der Waals surface area contributed by atoms with Crippen LogP contribution >= 0.6 is 0 Å². The Balaban J connectivity index is 2.45. The molecule has 1 aromatic carbocycles. The molecule has 1 aliphatic heterocycles. The molecule has 14 heavy (non-hydrogen) atoms. The lowest BCUT2D eigenvalue weighted by Gasteiger charge is -2.17. The minimum atomic E-state index is 0.347. The largest absolute Gasteiger partial charge is 0.496 e. The molecule has 1 aromatic rings. The van der Waals surface area contributed by atoms with E-state index < -0.39 is 0 Å². The average molecular weight is 192 g/mol. The quantitative estimate of drug-likeness (QED) is 0.763. The van der Waals surface area contributed by atoms with Gasteiger partial charge in [0.25, 0.3) is 0 Å². The van der Waals surface area contributed by atoms with Gasteiger partial charge in [-0.15, -0.1) is 0 Å². The Kier molecular flexibility index (Phi) is 2.44. The lowest BCUT2D eigenvalue weighted by Crippen LogP contribution is -2.23. The van der Waals surface area contributed by atoms with Gasteiger partial charge >= 0.3 is 0 Å². The molecule has 2 rings (SSSR count). The predicted octanol–water partition coefficient (Wildman–Crippen LogP) is 1.14. The fourth-order valence-electron chi connectivity index (χ4n) is 2.16. The smallest absolute Gasteiger partial charge is 0.123 e. The number of nitrogens with two attached hydrogens (primary N) is 1. The number of rotatable bonds is 2. The summed E-state index contributed by atoms with van der Waals surface area (Å²) in [5.41, 5.74) is 8.35. The molecule has 0 aromatic heterocycles. The Morgan fingerprint density at radius 2 is 2.36 bits per heavy atom. The van der Waals surface area contributed by atoms with Crippen molar-refractivity contribution in [3.63, 3.8) is 0 Å². The highest BCUT2D eigenvalue weighted by atomic mass is 16.5. The maximum atomic E-state index is 5.75. The average Bonchev–Trinajstić information content (AvgIpc) is 2.52. The molecule has 0 fully saturated rings. The molecule has 2 N–H and O–H groups in total. The number of fused-ring (bicyclic) bond motifs is 1. The third-order valence-corrected chi connectivity index (χ3v) is 2.91. The van der Waals surface area contributed by atoms with E-state index in [1.165, 1.54) is 11.1 Å². The topological polar surface area (TPSA) is 38.5 Å². The van der Waals surface area contributed by atoms with Gasteiger partial charge in [0.15, 0.2) is 0 Å². The number of ether oxygens (including phenoxy) is 1. The Labute approximate surface area is 84.5 Å². The highest BCUT2D eigenvalue weighted by Gasteiger charge is 2.28. The maximum Gasteiger partial charge on any atom is 0.123 e. The molecule has 3 nitrogen and oxygen atoms in total. The SMILES string of the molecule is COc1cccc2c1CN(C)C2CN. The zero-order valence-electron chi connectivity index (χ0n) is 8.66. The van der Waals surface area contributed by atoms with Crippen LogP contribution in [0.1, 0.15) is 17.2 Å². The number of benzene rings is 1. The minimum absolute atomic E-state index is 0.347. The number of hydrogen-bond acceptors (Lipinski definition) is 3. The third kappa shape index (κ3) is 1.29. The van der Waals surface area contributed by atoms with E-state index in [0.29, 0.717) is 12.6 Å². The van der Waals surface area contributed by atoms with Gasteiger partial charge < -0.3 is 10.5 Å². The van der Waals surface area contributed by atoms with Gasteiger partial charge in [-0.2, -0.15) is 0 Å². The van der Waals surface area contributed by atoms with E-state index in [0.717, 1.165) is 12.3 Å². The Bertz CT molecular complexity index is 338. The van der Waals surface area contributed by atoms with E-state index in [4.69, 9.17) is 10.5 Å². The molecule has 0 saturated carbocycles. The lowest BCUT2D eigenvalue weighted by atomic mass is 10.0. The first-order valence-corrected chi connectivity index (χ1v) is 4.84. The van der Waals surface area contributed by atoms with Crippen LogP contribution in [0.25, 0.3) is 0 Å². The zero-order valence-corrected chi connectivity index (χ0v) is 8.66. The van der Waals surface area contributed by atoms with Crippen molar-refractivity contribution in [2.24, 2.45) is 5.73 Å². The second-order valence-electron chi connectivity index (χ2n) is 3.69. The van der Waals surface area contributed by atoms with Crippen molar-refractivity contribution in [3.8, 4) is 5.75 Å². The van der Waals surface area contributed by atoms with Crippen molar-refractivity contribution in [3.05, 3.63) is 29.3 Å². The van der Waals surface area contributed by atoms with Crippen LogP contribution in [0, 0.1) is 0 Å². The van der Waals surface area contributed by atoms with Crippen molar-refractivity contribution < 1.29 is 4.74 Å². The molecule has 1 aliphatic rings. The van der Waals surface area contributed by atoms with Gasteiger partial charge in [0, 0.05) is 24.7 Å². The summed E-state index contributed by atoms with van der Waals surface area (Å²) in [7, 11) is 3.81. The van der Waals surface area contributed by atoms with E-state index in [2.05, 4.69) is 18.0 Å². The number of nitrogens with zero attached hydrogens (tertiary/aromatic N) is 1. The van der Waals surface area contributed by atoms with Crippen molar-refractivity contribution in [2.45, 2.75) is 12.6 Å². The maximum absolute atomic E-state index is 5.75. The summed E-state index contributed by atoms with van der Waals surface area (Å²) >= 11 is 0. The molecule has 76 valence electrons. The fraction of sp³-hybridized carbons (Fsp3) is 0.455. The molecule has 1 unspecified atom stereocenters. The number of likely N-dealkylation sites (N-methyl/N-ethyl adjacent to an activating group) is 1. The molecule has 0 spiro atoms. The van der Waals surface area contributed by atoms with Crippen molar-refractivity contribution in [1.29, 1.82) is 0 Å². The molecule has 3 heteroatoms. The first-order chi connectivity index (χ1) is 6.77. The van der Waals surface area contributed by atoms with Crippen molar-refractivity contribution in [2.75, 3.05) is 20.7 Å². The van der Waals surface area contributed by atoms with Crippen LogP contribution in [0.2, 0.25) is 0 Å². The molecular formula is C11H16N2O. The number of methoxy groups -OCH3 is 1. The van der Waals surface area contributed by atoms with Crippen LogP contribution in [-0.4, -0.2) is 25.6 Å². The number of hydrogen-bond donors (Lipinski definition) is 1. The van der Waals surface area contributed by atoms with E-state index in [1.54, 1.807) is 7.11 Å². The van der Waals surface area contributed by atoms with Gasteiger partial charge in [-0.25, -0.2) is 0 Å². The van der Waals surface area contributed by atoms with Crippen LogP contribution in [0.5, 0.6) is 5.75 Å². The van der Waals surface area contributed by atoms with Gasteiger partial charge in [0.2, 0.25) is 0 Å². The molecular weight excluding hydrogens is 176 g/mol. The van der Waals surface area contributed by atoms with Gasteiger partial charge in [0.05, 0.1) is 7.11 Å². The molecule has 0 saturated heterocycles. The standard InChI is InChI=1S/C11H16N2O/c1-13-7-9-8(10(13)6-12)4-3-5-11(9)14-2/h3-5,10H,6-7,12H2,1-2H3. The lowest BCUT2D eigenvalue weighted by molar-refractivity contribution is 0.272. The first-order valence-electron chi connectivity index (χ1n) is 4.84. The highest BCUT2D eigenvalue weighted by Crippen LogP contribution is 2.36. The predicted molar refractivity (Wildman–Crippen MR) is 56.3 cm³/mol. The van der Waals surface area contributed by atoms with E-state index in [1.807, 2.05) is 12.1 Å². The summed E-state index contributed by atoms with van der Waals surface area (Å²) < 4.78 is 5.33. The van der Waals surface area contributed by atoms with Crippen LogP contribution in [0.3, 0.4) is 0 Å². The molecule has 0 amide bonds. The first kappa shape index (κ1) is 9.49. The zero-order chi connectivity index (χ0) is 10.1. The Morgan fingerprint density at radius 3 is 3.00 bits per heavy atom. The minimum Gasteiger partial charge on any atom is -0.496 e. The van der Waals surface area contributed by atoms with Gasteiger partial charge in [-0.05, 0) is 18.7 Å². The van der Waals surface area contributed by atoms with E-state index in [9.17, 15) is 0 Å². The molecule has 0 radical (unpaired) electrons. The van der Waals surface area contributed by atoms with Crippen LogP contribution in [0.15, 0.2) is 18.2 Å². The summed E-state index contributed by atoms with van der Waals surface area (Å²) in [6.45, 7) is 1.60. The van der Waals surface area contributed by atoms with Crippen molar-refractivity contribution >= 4 is 0 Å². The highest BCUT2D eigenvalue weighted by molar-refractivity contribution is 5.44. The van der Waals surface area contributed by atoms with Gasteiger partial charge in [-0.3, -0.25) is 4.90 Å². The van der Waals surface area contributed by atoms with Crippen molar-refractivity contribution in [1.82, 2.24) is 4.90 Å². The second-order valence-corrected chi connectivity index (χ2v) is 3.69. The van der Waals surface area contributed by atoms with Crippen LogP contribution < -0.4 is 10.5 Å². The van der Waals surface area contributed by atoms with Gasteiger partial charge in [0.1, 0.15) is 5.75 Å². The second kappa shape index (κ2) is 3.59. The molecule has 0 aliphatic carbocycles. The van der Waals surface area contributed by atoms with E-state index >= 15 is 0 Å². The Morgan fingerprint density at radius 1 is 1.57 bits per heavy atom. The third-order valence-electron chi connectivity index (χ3n) is 2.91. The summed E-state index contributed by atoms with van der Waals surface area (Å²) in [4.78, 5) is 2.26. The van der Waals surface area contributed by atoms with Gasteiger partial charge in [-0.1, -0.05) is 12.1 Å². The van der Waals surface area contributed by atoms with Crippen LogP contribution in [-0.2, 0) is 6.54 Å². The fourth-order valence-corrected chi connectivity index (χ4v) is 2.16. The monoisotopic (exact) mass is 192 g/mol. The van der Waals surface area contributed by atoms with Crippen LogP contribution in [0.4, 0.5) is 0 Å². The molecule has 1 atom stereocenters. The van der Waals surface area contributed by atoms with E-state index in [-0.39, 0.29) is 0 Å². The summed E-state index contributed by atoms with van der Waals surface area (Å²) in [5, 5.41) is 0. The Hall–Kier alpha value is -1.06. The summed E-state index contributed by atoms with van der Waals surface area (Å²) in [6, 6.07) is 6.52. The summed E-state index contributed by atoms with van der Waals surface area (Å²) in [6.07, 6.45) is 0.